The molecule has 1 aliphatic carbocycles. The maximum absolute atomic E-state index is 12.4. The van der Waals surface area contributed by atoms with E-state index in [2.05, 4.69) is 95.0 Å². The fourth-order valence-electron chi connectivity index (χ4n) is 5.64. The van der Waals surface area contributed by atoms with Crippen LogP contribution in [0.1, 0.15) is 41.6 Å². The van der Waals surface area contributed by atoms with Crippen LogP contribution < -0.4 is 5.32 Å². The van der Waals surface area contributed by atoms with E-state index in [9.17, 15) is 4.79 Å². The molecule has 1 unspecified atom stereocenters. The van der Waals surface area contributed by atoms with Crippen molar-refractivity contribution in [1.29, 1.82) is 0 Å². The van der Waals surface area contributed by atoms with Gasteiger partial charge in [-0.25, -0.2) is 9.78 Å². The van der Waals surface area contributed by atoms with Crippen molar-refractivity contribution in [3.05, 3.63) is 161 Å². The predicted molar refractivity (Wildman–Crippen MR) is 164 cm³/mol. The van der Waals surface area contributed by atoms with E-state index >= 15 is 0 Å². The zero-order valence-electron chi connectivity index (χ0n) is 22.5. The standard InChI is InChI=1S/C35H30ClN3O2/c36-30-18-20-31(21-19-30)38-34(40)41-32-22-16-26(17-23-32)33-24-39(25-37-33)35(27-10-4-1-5-11-27,28-12-6-2-7-13-28)29-14-8-3-9-15-29/h1-16,18-21,24-25,32H,17,22-23H2,(H,38,40). The molecule has 5 nitrogen and oxygen atoms in total. The van der Waals surface area contributed by atoms with Crippen molar-refractivity contribution in [1.82, 2.24) is 9.55 Å². The highest BCUT2D eigenvalue weighted by molar-refractivity contribution is 6.30. The van der Waals surface area contributed by atoms with Crippen molar-refractivity contribution in [3.63, 3.8) is 0 Å². The molecule has 0 aliphatic heterocycles. The van der Waals surface area contributed by atoms with Crippen LogP contribution in [0.15, 0.2) is 134 Å². The second-order valence-corrected chi connectivity index (χ2v) is 10.6. The van der Waals surface area contributed by atoms with Crippen LogP contribution in [0.25, 0.3) is 5.57 Å². The molecule has 6 rings (SSSR count). The monoisotopic (exact) mass is 559 g/mol. The highest BCUT2D eigenvalue weighted by Crippen LogP contribution is 2.41. The number of nitrogens with one attached hydrogen (secondary N) is 1. The number of nitrogens with zero attached hydrogens (tertiary/aromatic N) is 2. The van der Waals surface area contributed by atoms with Gasteiger partial charge in [-0.3, -0.25) is 5.32 Å². The number of amides is 1. The number of anilines is 1. The average molecular weight is 560 g/mol. The van der Waals surface area contributed by atoms with E-state index in [1.807, 2.05) is 24.5 Å². The summed E-state index contributed by atoms with van der Waals surface area (Å²) in [5.41, 5.74) is 5.59. The lowest BCUT2D eigenvalue weighted by Gasteiger charge is -2.37. The van der Waals surface area contributed by atoms with Gasteiger partial charge in [0, 0.05) is 23.3 Å². The Morgan fingerprint density at radius 2 is 1.39 bits per heavy atom. The summed E-state index contributed by atoms with van der Waals surface area (Å²) in [6.07, 6.45) is 7.71. The van der Waals surface area contributed by atoms with Gasteiger partial charge in [0.25, 0.3) is 0 Å². The number of halogens is 1. The average Bonchev–Trinajstić information content (AvgIpc) is 3.51. The fraction of sp³-hybridized carbons (Fsp3) is 0.143. The zero-order valence-corrected chi connectivity index (χ0v) is 23.2. The SMILES string of the molecule is O=C(Nc1ccc(Cl)cc1)OC1CC=C(c2cn(C(c3ccccc3)(c3ccccc3)c3ccccc3)cn2)CC1. The second-order valence-electron chi connectivity index (χ2n) is 10.1. The summed E-state index contributed by atoms with van der Waals surface area (Å²) in [5.74, 6) is 0. The van der Waals surface area contributed by atoms with E-state index in [1.165, 1.54) is 0 Å². The van der Waals surface area contributed by atoms with Gasteiger partial charge in [0.2, 0.25) is 0 Å². The smallest absolute Gasteiger partial charge is 0.411 e. The first kappa shape index (κ1) is 26.6. The number of imidazole rings is 1. The molecule has 6 heteroatoms. The molecule has 5 aromatic rings. The molecule has 1 aromatic heterocycles. The largest absolute Gasteiger partial charge is 0.446 e. The Hall–Kier alpha value is -4.61. The third-order valence-corrected chi connectivity index (χ3v) is 7.85. The summed E-state index contributed by atoms with van der Waals surface area (Å²) in [6, 6.07) is 38.7. The summed E-state index contributed by atoms with van der Waals surface area (Å²) in [4.78, 5) is 17.3. The lowest BCUT2D eigenvalue weighted by molar-refractivity contribution is 0.106. The number of hydrogen-bond donors (Lipinski definition) is 1. The number of allylic oxidation sites excluding steroid dienone is 1. The number of carbonyl (C=O) groups is 1. The highest BCUT2D eigenvalue weighted by atomic mass is 35.5. The van der Waals surface area contributed by atoms with E-state index in [-0.39, 0.29) is 6.10 Å². The Morgan fingerprint density at radius 3 is 1.90 bits per heavy atom. The van der Waals surface area contributed by atoms with Crippen molar-refractivity contribution < 1.29 is 9.53 Å². The molecule has 0 spiro atoms. The van der Waals surface area contributed by atoms with Gasteiger partial charge in [0.15, 0.2) is 0 Å². The Labute approximate surface area is 245 Å². The number of hydrogen-bond acceptors (Lipinski definition) is 3. The van der Waals surface area contributed by atoms with Crippen molar-refractivity contribution in [3.8, 4) is 0 Å². The van der Waals surface area contributed by atoms with Gasteiger partial charge in [-0.1, -0.05) is 109 Å². The molecule has 0 fully saturated rings. The maximum Gasteiger partial charge on any atom is 0.411 e. The van der Waals surface area contributed by atoms with E-state index in [0.717, 1.165) is 40.8 Å². The van der Waals surface area contributed by atoms with Crippen molar-refractivity contribution >= 4 is 29.0 Å². The minimum Gasteiger partial charge on any atom is -0.446 e. The minimum atomic E-state index is -0.602. The molecule has 204 valence electrons. The van der Waals surface area contributed by atoms with E-state index in [4.69, 9.17) is 21.3 Å². The van der Waals surface area contributed by atoms with Crippen LogP contribution in [0.3, 0.4) is 0 Å². The normalized spacial score (nSPS) is 15.1. The first-order chi connectivity index (χ1) is 20.1. The Balaban J connectivity index is 1.28. The molecule has 0 bridgehead atoms. The van der Waals surface area contributed by atoms with Crippen LogP contribution >= 0.6 is 11.6 Å². The zero-order chi connectivity index (χ0) is 28.1. The van der Waals surface area contributed by atoms with Gasteiger partial charge in [-0.2, -0.15) is 0 Å². The first-order valence-corrected chi connectivity index (χ1v) is 14.1. The summed E-state index contributed by atoms with van der Waals surface area (Å²) in [6.45, 7) is 0. The van der Waals surface area contributed by atoms with Crippen LogP contribution in [0, 0.1) is 0 Å². The van der Waals surface area contributed by atoms with Crippen molar-refractivity contribution in [2.45, 2.75) is 30.9 Å². The molecule has 0 radical (unpaired) electrons. The van der Waals surface area contributed by atoms with Gasteiger partial charge in [-0.15, -0.1) is 0 Å². The highest BCUT2D eigenvalue weighted by Gasteiger charge is 2.38. The van der Waals surface area contributed by atoms with Crippen LogP contribution in [-0.2, 0) is 10.3 Å². The van der Waals surface area contributed by atoms with Gasteiger partial charge in [-0.05, 0) is 59.4 Å². The van der Waals surface area contributed by atoms with Gasteiger partial charge >= 0.3 is 6.09 Å². The molecule has 1 heterocycles. The van der Waals surface area contributed by atoms with E-state index in [1.54, 1.807) is 24.3 Å². The summed E-state index contributed by atoms with van der Waals surface area (Å²) in [5, 5.41) is 3.39. The molecule has 4 aromatic carbocycles. The Bertz CT molecular complexity index is 1540. The number of benzene rings is 4. The first-order valence-electron chi connectivity index (χ1n) is 13.8. The topological polar surface area (TPSA) is 56.1 Å². The molecule has 0 saturated carbocycles. The second kappa shape index (κ2) is 11.9. The molecular weight excluding hydrogens is 530 g/mol. The predicted octanol–water partition coefficient (Wildman–Crippen LogP) is 8.56. The van der Waals surface area contributed by atoms with E-state index in [0.29, 0.717) is 17.1 Å². The number of ether oxygens (including phenoxy) is 1. The summed E-state index contributed by atoms with van der Waals surface area (Å²) < 4.78 is 7.92. The molecular formula is C35H30ClN3O2. The Kier molecular flexibility index (Phi) is 7.70. The maximum atomic E-state index is 12.4. The van der Waals surface area contributed by atoms with Gasteiger partial charge in [0.1, 0.15) is 11.6 Å². The fourth-order valence-corrected chi connectivity index (χ4v) is 5.77. The molecule has 1 amide bonds. The van der Waals surface area contributed by atoms with Crippen LogP contribution in [0.2, 0.25) is 5.02 Å². The van der Waals surface area contributed by atoms with Crippen LogP contribution in [0.5, 0.6) is 0 Å². The van der Waals surface area contributed by atoms with E-state index < -0.39 is 11.6 Å². The Morgan fingerprint density at radius 1 is 0.829 bits per heavy atom. The lowest BCUT2D eigenvalue weighted by Crippen LogP contribution is -2.36. The van der Waals surface area contributed by atoms with Crippen molar-refractivity contribution in [2.24, 2.45) is 0 Å². The number of carbonyl (C=O) groups excluding carboxylic acids is 1. The lowest BCUT2D eigenvalue weighted by atomic mass is 9.76. The number of aromatic nitrogens is 2. The summed E-state index contributed by atoms with van der Waals surface area (Å²) in [7, 11) is 0. The third-order valence-electron chi connectivity index (χ3n) is 7.60. The van der Waals surface area contributed by atoms with Crippen molar-refractivity contribution in [2.75, 3.05) is 5.32 Å². The molecule has 0 saturated heterocycles. The third kappa shape index (κ3) is 5.54. The molecule has 1 N–H and O–H groups in total. The minimum absolute atomic E-state index is 0.190. The molecule has 1 atom stereocenters. The number of rotatable bonds is 7. The summed E-state index contributed by atoms with van der Waals surface area (Å²) >= 11 is 5.93. The van der Waals surface area contributed by atoms with Crippen LogP contribution in [0.4, 0.5) is 10.5 Å². The van der Waals surface area contributed by atoms with Gasteiger partial charge < -0.3 is 9.30 Å². The molecule has 41 heavy (non-hydrogen) atoms. The quantitative estimate of drug-likeness (QED) is 0.203. The molecule has 1 aliphatic rings. The van der Waals surface area contributed by atoms with Crippen LogP contribution in [-0.4, -0.2) is 21.7 Å². The van der Waals surface area contributed by atoms with Gasteiger partial charge in [0.05, 0.1) is 12.0 Å².